The number of carbonyl (C=O) groups excluding carboxylic acids is 1. The summed E-state index contributed by atoms with van der Waals surface area (Å²) in [6, 6.07) is 0. The van der Waals surface area contributed by atoms with Gasteiger partial charge in [0.05, 0.1) is 0 Å². The number of hydrogen-bond acceptors (Lipinski definition) is 2. The highest BCUT2D eigenvalue weighted by Crippen LogP contribution is 1.98. The Kier molecular flexibility index (Phi) is 9.92. The molecule has 0 atom stereocenters. The fraction of sp³-hybridized carbons (Fsp3) is 0.889. The van der Waals surface area contributed by atoms with Gasteiger partial charge in [0, 0.05) is 18.3 Å². The van der Waals surface area contributed by atoms with E-state index < -0.39 is 0 Å². The van der Waals surface area contributed by atoms with Crippen LogP contribution in [0.15, 0.2) is 0 Å². The van der Waals surface area contributed by atoms with Crippen molar-refractivity contribution in [3.8, 4) is 0 Å². The maximum absolute atomic E-state index is 11.1. The lowest BCUT2D eigenvalue weighted by atomic mass is 10.2. The summed E-state index contributed by atoms with van der Waals surface area (Å²) in [6.45, 7) is 1.48. The molecule has 0 aliphatic carbocycles. The van der Waals surface area contributed by atoms with Gasteiger partial charge in [0.2, 0.25) is 5.91 Å². The van der Waals surface area contributed by atoms with Crippen LogP contribution in [-0.4, -0.2) is 24.3 Å². The van der Waals surface area contributed by atoms with Crippen LogP contribution < -0.4 is 11.1 Å². The molecule has 0 bridgehead atoms. The Morgan fingerprint density at radius 3 is 2.62 bits per heavy atom. The topological polar surface area (TPSA) is 55.1 Å². The van der Waals surface area contributed by atoms with Gasteiger partial charge in [-0.3, -0.25) is 4.79 Å². The first-order chi connectivity index (χ1) is 6.31. The zero-order valence-corrected chi connectivity index (χ0v) is 9.61. The summed E-state index contributed by atoms with van der Waals surface area (Å²) in [5.74, 6) is 0.165. The molecule has 0 unspecified atom stereocenters. The van der Waals surface area contributed by atoms with Gasteiger partial charge in [-0.25, -0.2) is 0 Å². The predicted octanol–water partition coefficient (Wildman–Crippen LogP) is 1.41. The van der Waals surface area contributed by atoms with E-state index in [4.69, 9.17) is 5.73 Å². The van der Waals surface area contributed by atoms with E-state index in [1.165, 1.54) is 0 Å². The Hall–Kier alpha value is -0.0900. The lowest BCUT2D eigenvalue weighted by Crippen LogP contribution is -2.24. The molecule has 0 radical (unpaired) electrons. The molecule has 0 fully saturated rings. The van der Waals surface area contributed by atoms with E-state index in [1.807, 2.05) is 0 Å². The summed E-state index contributed by atoms with van der Waals surface area (Å²) in [6.07, 6.45) is 4.65. The van der Waals surface area contributed by atoms with Crippen molar-refractivity contribution in [1.82, 2.24) is 5.32 Å². The lowest BCUT2D eigenvalue weighted by Gasteiger charge is -2.03. The highest BCUT2D eigenvalue weighted by atomic mass is 79.9. The number of alkyl halides is 1. The average Bonchev–Trinajstić information content (AvgIpc) is 2.13. The molecular formula is C9H19BrN2O. The Morgan fingerprint density at radius 1 is 1.23 bits per heavy atom. The van der Waals surface area contributed by atoms with Crippen LogP contribution in [0.1, 0.15) is 32.1 Å². The van der Waals surface area contributed by atoms with Crippen LogP contribution in [0.25, 0.3) is 0 Å². The number of unbranched alkanes of at least 4 members (excludes halogenated alkanes) is 2. The summed E-state index contributed by atoms with van der Waals surface area (Å²) in [5, 5.41) is 3.85. The van der Waals surface area contributed by atoms with E-state index in [0.717, 1.165) is 37.6 Å². The largest absolute Gasteiger partial charge is 0.356 e. The summed E-state index contributed by atoms with van der Waals surface area (Å²) in [5.41, 5.74) is 5.33. The standard InChI is InChI=1S/C9H19BrN2O/c10-6-2-1-5-9(13)12-8-4-3-7-11/h1-8,11H2,(H,12,13). The van der Waals surface area contributed by atoms with Gasteiger partial charge in [-0.15, -0.1) is 0 Å². The molecular weight excluding hydrogens is 232 g/mol. The van der Waals surface area contributed by atoms with Crippen LogP contribution in [0.3, 0.4) is 0 Å². The molecule has 0 rings (SSSR count). The first-order valence-electron chi connectivity index (χ1n) is 4.84. The molecule has 1 amide bonds. The lowest BCUT2D eigenvalue weighted by molar-refractivity contribution is -0.121. The smallest absolute Gasteiger partial charge is 0.219 e. The highest BCUT2D eigenvalue weighted by molar-refractivity contribution is 9.09. The van der Waals surface area contributed by atoms with Gasteiger partial charge in [0.15, 0.2) is 0 Å². The second-order valence-electron chi connectivity index (χ2n) is 2.99. The molecule has 0 aromatic heterocycles. The molecule has 4 heteroatoms. The number of nitrogens with one attached hydrogen (secondary N) is 1. The van der Waals surface area contributed by atoms with E-state index in [1.54, 1.807) is 0 Å². The van der Waals surface area contributed by atoms with Crippen LogP contribution in [0.4, 0.5) is 0 Å². The van der Waals surface area contributed by atoms with Crippen molar-refractivity contribution in [3.05, 3.63) is 0 Å². The molecule has 13 heavy (non-hydrogen) atoms. The van der Waals surface area contributed by atoms with E-state index in [2.05, 4.69) is 21.2 Å². The average molecular weight is 251 g/mol. The summed E-state index contributed by atoms with van der Waals surface area (Å²) < 4.78 is 0. The van der Waals surface area contributed by atoms with Crippen LogP contribution in [0.5, 0.6) is 0 Å². The molecule has 0 aromatic carbocycles. The summed E-state index contributed by atoms with van der Waals surface area (Å²) in [4.78, 5) is 11.1. The minimum absolute atomic E-state index is 0.165. The molecule has 0 heterocycles. The Labute approximate surface area is 88.6 Å². The summed E-state index contributed by atoms with van der Waals surface area (Å²) in [7, 11) is 0. The quantitative estimate of drug-likeness (QED) is 0.506. The number of nitrogens with two attached hydrogens (primary N) is 1. The predicted molar refractivity (Wildman–Crippen MR) is 58.9 cm³/mol. The van der Waals surface area contributed by atoms with Crippen molar-refractivity contribution >= 4 is 21.8 Å². The molecule has 0 spiro atoms. The van der Waals surface area contributed by atoms with Gasteiger partial charge in [0.25, 0.3) is 0 Å². The van der Waals surface area contributed by atoms with Crippen molar-refractivity contribution in [2.75, 3.05) is 18.4 Å². The number of halogens is 1. The third-order valence-corrected chi connectivity index (χ3v) is 2.30. The maximum Gasteiger partial charge on any atom is 0.219 e. The van der Waals surface area contributed by atoms with Gasteiger partial charge in [-0.2, -0.15) is 0 Å². The normalized spacial score (nSPS) is 10.0. The zero-order valence-electron chi connectivity index (χ0n) is 8.02. The van der Waals surface area contributed by atoms with E-state index in [9.17, 15) is 4.79 Å². The number of amides is 1. The van der Waals surface area contributed by atoms with E-state index >= 15 is 0 Å². The van der Waals surface area contributed by atoms with Crippen molar-refractivity contribution in [1.29, 1.82) is 0 Å². The second-order valence-corrected chi connectivity index (χ2v) is 3.78. The van der Waals surface area contributed by atoms with E-state index in [0.29, 0.717) is 13.0 Å². The monoisotopic (exact) mass is 250 g/mol. The molecule has 0 aliphatic heterocycles. The van der Waals surface area contributed by atoms with Crippen LogP contribution in [0.2, 0.25) is 0 Å². The van der Waals surface area contributed by atoms with Crippen molar-refractivity contribution in [3.63, 3.8) is 0 Å². The Bertz CT molecular complexity index is 131. The molecule has 0 aromatic rings. The van der Waals surface area contributed by atoms with Crippen molar-refractivity contribution in [2.45, 2.75) is 32.1 Å². The van der Waals surface area contributed by atoms with Gasteiger partial charge < -0.3 is 11.1 Å². The maximum atomic E-state index is 11.1. The number of hydrogen-bond donors (Lipinski definition) is 2. The van der Waals surface area contributed by atoms with Crippen LogP contribution in [-0.2, 0) is 4.79 Å². The second kappa shape index (κ2) is 9.99. The first-order valence-corrected chi connectivity index (χ1v) is 5.96. The van der Waals surface area contributed by atoms with Crippen molar-refractivity contribution in [2.24, 2.45) is 5.73 Å². The molecule has 3 nitrogen and oxygen atoms in total. The molecule has 0 saturated carbocycles. The fourth-order valence-electron chi connectivity index (χ4n) is 0.966. The third-order valence-electron chi connectivity index (χ3n) is 1.74. The minimum atomic E-state index is 0.165. The fourth-order valence-corrected chi connectivity index (χ4v) is 1.36. The number of carbonyl (C=O) groups is 1. The minimum Gasteiger partial charge on any atom is -0.356 e. The molecule has 0 saturated heterocycles. The zero-order chi connectivity index (χ0) is 9.94. The Balaban J connectivity index is 3.11. The van der Waals surface area contributed by atoms with Gasteiger partial charge in [-0.05, 0) is 32.2 Å². The molecule has 78 valence electrons. The van der Waals surface area contributed by atoms with Gasteiger partial charge >= 0.3 is 0 Å². The Morgan fingerprint density at radius 2 is 2.00 bits per heavy atom. The van der Waals surface area contributed by atoms with Crippen molar-refractivity contribution < 1.29 is 4.79 Å². The SMILES string of the molecule is NCCCCNC(=O)CCCCBr. The first kappa shape index (κ1) is 12.9. The van der Waals surface area contributed by atoms with Gasteiger partial charge in [0.1, 0.15) is 0 Å². The van der Waals surface area contributed by atoms with E-state index in [-0.39, 0.29) is 5.91 Å². The molecule has 0 aliphatic rings. The van der Waals surface area contributed by atoms with Gasteiger partial charge in [-0.1, -0.05) is 15.9 Å². The van der Waals surface area contributed by atoms with Crippen LogP contribution >= 0.6 is 15.9 Å². The number of rotatable bonds is 8. The highest BCUT2D eigenvalue weighted by Gasteiger charge is 1.98. The third kappa shape index (κ3) is 9.83. The molecule has 3 N–H and O–H groups in total. The van der Waals surface area contributed by atoms with Crippen LogP contribution in [0, 0.1) is 0 Å². The summed E-state index contributed by atoms with van der Waals surface area (Å²) >= 11 is 3.33.